The van der Waals surface area contributed by atoms with Crippen molar-refractivity contribution in [3.05, 3.63) is 34.4 Å². The summed E-state index contributed by atoms with van der Waals surface area (Å²) in [6, 6.07) is 5.48. The van der Waals surface area contributed by atoms with Gasteiger partial charge in [0.05, 0.1) is 11.5 Å². The van der Waals surface area contributed by atoms with Crippen molar-refractivity contribution in [1.29, 1.82) is 0 Å². The number of carbonyl (C=O) groups is 2. The summed E-state index contributed by atoms with van der Waals surface area (Å²) in [7, 11) is 0. The molecule has 0 bridgehead atoms. The molecule has 0 aliphatic rings. The topological polar surface area (TPSA) is 95.7 Å². The first-order valence-corrected chi connectivity index (χ1v) is 12.1. The van der Waals surface area contributed by atoms with Crippen molar-refractivity contribution in [3.63, 3.8) is 0 Å². The third kappa shape index (κ3) is 14.5. The van der Waals surface area contributed by atoms with Gasteiger partial charge in [-0.25, -0.2) is 0 Å². The third-order valence-electron chi connectivity index (χ3n) is 5.30. The number of carbonyl (C=O) groups excluding carboxylic acids is 2. The summed E-state index contributed by atoms with van der Waals surface area (Å²) in [6.07, 6.45) is 14.8. The number of rotatable bonds is 19. The highest BCUT2D eigenvalue weighted by atomic mass is 16.6. The molecule has 0 spiro atoms. The number of non-ortho nitro benzene ring substituents is 1. The van der Waals surface area contributed by atoms with E-state index in [1.165, 1.54) is 56.4 Å². The second kappa shape index (κ2) is 18.2. The molecule has 0 saturated heterocycles. The lowest BCUT2D eigenvalue weighted by Gasteiger charge is -2.06. The third-order valence-corrected chi connectivity index (χ3v) is 5.30. The zero-order valence-electron chi connectivity index (χ0n) is 19.5. The second-order valence-corrected chi connectivity index (χ2v) is 8.19. The zero-order valence-corrected chi connectivity index (χ0v) is 19.5. The number of nitrogens with zero attached hydrogens (tertiary/aromatic N) is 1. The molecule has 0 aromatic heterocycles. The van der Waals surface area contributed by atoms with E-state index in [1.54, 1.807) is 0 Å². The minimum atomic E-state index is -0.494. The summed E-state index contributed by atoms with van der Waals surface area (Å²) in [5, 5.41) is 10.6. The maximum Gasteiger partial charge on any atom is 0.311 e. The van der Waals surface area contributed by atoms with Crippen molar-refractivity contribution in [2.75, 3.05) is 6.61 Å². The first-order chi connectivity index (χ1) is 15.5. The maximum absolute atomic E-state index is 11.8. The van der Waals surface area contributed by atoms with E-state index in [4.69, 9.17) is 9.47 Å². The van der Waals surface area contributed by atoms with E-state index in [0.717, 1.165) is 51.4 Å². The zero-order chi connectivity index (χ0) is 23.4. The summed E-state index contributed by atoms with van der Waals surface area (Å²) in [5.41, 5.74) is -0.0359. The van der Waals surface area contributed by atoms with Gasteiger partial charge in [-0.05, 0) is 31.4 Å². The molecule has 1 rings (SSSR count). The summed E-state index contributed by atoms with van der Waals surface area (Å²) < 4.78 is 10.5. The summed E-state index contributed by atoms with van der Waals surface area (Å²) in [5.74, 6) is -0.105. The Labute approximate surface area is 192 Å². The number of hydrogen-bond donors (Lipinski definition) is 0. The number of nitro benzene ring substituents is 1. The second-order valence-electron chi connectivity index (χ2n) is 8.19. The monoisotopic (exact) mass is 449 g/mol. The lowest BCUT2D eigenvalue weighted by atomic mass is 10.1. The Hall–Kier alpha value is -2.44. The summed E-state index contributed by atoms with van der Waals surface area (Å²) in [4.78, 5) is 33.7. The van der Waals surface area contributed by atoms with Gasteiger partial charge >= 0.3 is 11.9 Å². The standard InChI is InChI=1S/C25H39NO6/c1-2-3-4-5-8-11-14-21-31-24(27)15-12-9-6-7-10-13-16-25(28)32-23-19-17-22(18-20-23)26(29)30/h17-20H,2-16,21H2,1H3. The van der Waals surface area contributed by atoms with Crippen LogP contribution in [0.3, 0.4) is 0 Å². The van der Waals surface area contributed by atoms with E-state index in [-0.39, 0.29) is 17.6 Å². The van der Waals surface area contributed by atoms with Crippen LogP contribution in [-0.4, -0.2) is 23.5 Å². The Balaban J connectivity index is 1.91. The van der Waals surface area contributed by atoms with Crippen LogP contribution in [0.2, 0.25) is 0 Å². The Morgan fingerprint density at radius 3 is 1.81 bits per heavy atom. The molecule has 0 saturated carbocycles. The average molecular weight is 450 g/mol. The van der Waals surface area contributed by atoms with Crippen LogP contribution < -0.4 is 4.74 Å². The van der Waals surface area contributed by atoms with Crippen LogP contribution >= 0.6 is 0 Å². The molecular weight excluding hydrogens is 410 g/mol. The van der Waals surface area contributed by atoms with Crippen molar-refractivity contribution in [2.24, 2.45) is 0 Å². The van der Waals surface area contributed by atoms with E-state index in [1.807, 2.05) is 0 Å². The summed E-state index contributed by atoms with van der Waals surface area (Å²) in [6.45, 7) is 2.76. The average Bonchev–Trinajstić information content (AvgIpc) is 2.77. The van der Waals surface area contributed by atoms with Gasteiger partial charge in [-0.15, -0.1) is 0 Å². The van der Waals surface area contributed by atoms with Gasteiger partial charge in [-0.3, -0.25) is 19.7 Å². The first kappa shape index (κ1) is 27.6. The SMILES string of the molecule is CCCCCCCCCOC(=O)CCCCCCCCC(=O)Oc1ccc([N+](=O)[O-])cc1. The van der Waals surface area contributed by atoms with E-state index >= 15 is 0 Å². The van der Waals surface area contributed by atoms with Gasteiger partial charge in [0, 0.05) is 25.0 Å². The van der Waals surface area contributed by atoms with E-state index in [9.17, 15) is 19.7 Å². The minimum Gasteiger partial charge on any atom is -0.466 e. The van der Waals surface area contributed by atoms with Gasteiger partial charge in [0.1, 0.15) is 5.75 Å². The summed E-state index contributed by atoms with van der Waals surface area (Å²) >= 11 is 0. The normalized spacial score (nSPS) is 10.7. The van der Waals surface area contributed by atoms with E-state index in [2.05, 4.69) is 6.92 Å². The van der Waals surface area contributed by atoms with Crippen molar-refractivity contribution < 1.29 is 24.0 Å². The molecule has 7 nitrogen and oxygen atoms in total. The Bertz CT molecular complexity index is 659. The van der Waals surface area contributed by atoms with Crippen molar-refractivity contribution in [2.45, 2.75) is 103 Å². The molecule has 180 valence electrons. The highest BCUT2D eigenvalue weighted by Crippen LogP contribution is 2.18. The number of unbranched alkanes of at least 4 members (excludes halogenated alkanes) is 11. The number of ether oxygens (including phenoxy) is 2. The first-order valence-electron chi connectivity index (χ1n) is 12.1. The Kier molecular flexibility index (Phi) is 15.7. The number of esters is 2. The number of benzene rings is 1. The molecule has 0 unspecified atom stereocenters. The number of nitro groups is 1. The van der Waals surface area contributed by atoms with Gasteiger partial charge in [0.15, 0.2) is 0 Å². The molecule has 0 aliphatic heterocycles. The molecule has 0 heterocycles. The molecule has 0 amide bonds. The molecule has 0 fully saturated rings. The highest BCUT2D eigenvalue weighted by Gasteiger charge is 2.08. The Morgan fingerprint density at radius 1 is 0.750 bits per heavy atom. The van der Waals surface area contributed by atoms with Crippen molar-refractivity contribution in [3.8, 4) is 5.75 Å². The van der Waals surface area contributed by atoms with Crippen LogP contribution in [-0.2, 0) is 14.3 Å². The highest BCUT2D eigenvalue weighted by molar-refractivity contribution is 5.72. The van der Waals surface area contributed by atoms with Gasteiger partial charge in [0.2, 0.25) is 0 Å². The fourth-order valence-electron chi connectivity index (χ4n) is 3.38. The van der Waals surface area contributed by atoms with Crippen LogP contribution in [0.4, 0.5) is 5.69 Å². The Morgan fingerprint density at radius 2 is 1.25 bits per heavy atom. The lowest BCUT2D eigenvalue weighted by Crippen LogP contribution is -2.07. The molecule has 0 atom stereocenters. The maximum atomic E-state index is 11.8. The largest absolute Gasteiger partial charge is 0.466 e. The quantitative estimate of drug-likeness (QED) is 0.0748. The minimum absolute atomic E-state index is 0.0359. The fraction of sp³-hybridized carbons (Fsp3) is 0.680. The van der Waals surface area contributed by atoms with Crippen LogP contribution in [0.1, 0.15) is 103 Å². The molecule has 0 N–H and O–H groups in total. The molecule has 1 aromatic rings. The molecule has 7 heteroatoms. The van der Waals surface area contributed by atoms with Crippen molar-refractivity contribution in [1.82, 2.24) is 0 Å². The molecule has 32 heavy (non-hydrogen) atoms. The fourth-order valence-corrected chi connectivity index (χ4v) is 3.38. The molecule has 1 aromatic carbocycles. The van der Waals surface area contributed by atoms with E-state index in [0.29, 0.717) is 25.2 Å². The van der Waals surface area contributed by atoms with Crippen LogP contribution in [0.15, 0.2) is 24.3 Å². The van der Waals surface area contributed by atoms with Gasteiger partial charge < -0.3 is 9.47 Å². The molecule has 0 radical (unpaired) electrons. The lowest BCUT2D eigenvalue weighted by molar-refractivity contribution is -0.384. The molecule has 0 aliphatic carbocycles. The van der Waals surface area contributed by atoms with Gasteiger partial charge in [-0.2, -0.15) is 0 Å². The van der Waals surface area contributed by atoms with Crippen LogP contribution in [0.5, 0.6) is 5.75 Å². The van der Waals surface area contributed by atoms with Gasteiger partial charge in [-0.1, -0.05) is 71.1 Å². The van der Waals surface area contributed by atoms with E-state index < -0.39 is 4.92 Å². The van der Waals surface area contributed by atoms with Crippen LogP contribution in [0, 0.1) is 10.1 Å². The smallest absolute Gasteiger partial charge is 0.311 e. The predicted octanol–water partition coefficient (Wildman–Crippen LogP) is 6.91. The predicted molar refractivity (Wildman–Crippen MR) is 125 cm³/mol. The van der Waals surface area contributed by atoms with Crippen molar-refractivity contribution >= 4 is 17.6 Å². The van der Waals surface area contributed by atoms with Crippen LogP contribution in [0.25, 0.3) is 0 Å². The number of hydrogen-bond acceptors (Lipinski definition) is 6. The van der Waals surface area contributed by atoms with Gasteiger partial charge in [0.25, 0.3) is 5.69 Å². The molecular formula is C25H39NO6.